The Morgan fingerprint density at radius 2 is 2.00 bits per heavy atom. The monoisotopic (exact) mass is 508 g/mol. The van der Waals surface area contributed by atoms with E-state index in [1.165, 1.54) is 11.8 Å². The summed E-state index contributed by atoms with van der Waals surface area (Å²) in [6.07, 6.45) is 1.37. The number of benzene rings is 2. The van der Waals surface area contributed by atoms with Crippen molar-refractivity contribution in [3.63, 3.8) is 0 Å². The lowest BCUT2D eigenvalue weighted by atomic mass is 10.1. The average Bonchev–Trinajstić information content (AvgIpc) is 2.71. The van der Waals surface area contributed by atoms with E-state index in [9.17, 15) is 4.79 Å². The van der Waals surface area contributed by atoms with Crippen LogP contribution in [0, 0.1) is 3.57 Å². The van der Waals surface area contributed by atoms with Crippen LogP contribution in [0.5, 0.6) is 11.5 Å². The fourth-order valence-corrected chi connectivity index (χ4v) is 4.43. The van der Waals surface area contributed by atoms with Gasteiger partial charge in [-0.05, 0) is 47.0 Å². The maximum Gasteiger partial charge on any atom is 0.276 e. The van der Waals surface area contributed by atoms with Gasteiger partial charge in [-0.25, -0.2) is 5.01 Å². The second-order valence-electron chi connectivity index (χ2n) is 6.01. The predicted octanol–water partition coefficient (Wildman–Crippen LogP) is 1.81. The van der Waals surface area contributed by atoms with Gasteiger partial charge in [0, 0.05) is 10.8 Å². The van der Waals surface area contributed by atoms with Gasteiger partial charge in [0.15, 0.2) is 22.8 Å². The van der Waals surface area contributed by atoms with Crippen LogP contribution in [0.3, 0.4) is 0 Å². The zero-order valence-electron chi connectivity index (χ0n) is 15.4. The Bertz CT molecular complexity index is 1120. The highest BCUT2D eigenvalue weighted by Gasteiger charge is 2.34. The number of hydrogen-bond donors (Lipinski definition) is 1. The molecule has 0 saturated carbocycles. The molecule has 0 aromatic heterocycles. The number of hydrazone groups is 1. The Hall–Kier alpha value is -2.27. The van der Waals surface area contributed by atoms with Crippen molar-refractivity contribution in [3.8, 4) is 11.5 Å². The molecule has 0 bridgehead atoms. The van der Waals surface area contributed by atoms with Crippen LogP contribution in [-0.4, -0.2) is 36.6 Å². The first kappa shape index (κ1) is 19.1. The van der Waals surface area contributed by atoms with Gasteiger partial charge in [-0.15, -0.1) is 5.10 Å². The Morgan fingerprint density at radius 3 is 2.71 bits per heavy atom. The Kier molecular flexibility index (Phi) is 5.19. The standard InChI is InChI=1S/C19H17IN4O3S/c1-26-14-9-10(8-12(20)16(14)27-2)17-21-13-7-5-4-6-11(13)15-18(25)22-19(28-3)23-24(15)17/h4-9,17H,1-3H3,(H,22,23,25). The Balaban J connectivity index is 1.97. The summed E-state index contributed by atoms with van der Waals surface area (Å²) in [7, 11) is 3.21. The number of fused-ring (bicyclic) bond motifs is 2. The number of thioether (sulfide) groups is 1. The summed E-state index contributed by atoms with van der Waals surface area (Å²) in [5.41, 5.74) is 1.34. The lowest BCUT2D eigenvalue weighted by Crippen LogP contribution is -2.50. The number of methoxy groups -OCH3 is 2. The highest BCUT2D eigenvalue weighted by atomic mass is 127. The number of nitrogens with zero attached hydrogens (tertiary/aromatic N) is 3. The number of carbonyl (C=O) groups is 1. The molecule has 1 amide bonds. The van der Waals surface area contributed by atoms with Gasteiger partial charge in [-0.3, -0.25) is 15.1 Å². The molecule has 28 heavy (non-hydrogen) atoms. The number of amidine groups is 1. The van der Waals surface area contributed by atoms with Crippen LogP contribution in [-0.2, 0) is 4.79 Å². The quantitative estimate of drug-likeness (QED) is 0.641. The van der Waals surface area contributed by atoms with Crippen LogP contribution in [0.2, 0.25) is 0 Å². The molecule has 0 spiro atoms. The molecule has 0 aliphatic carbocycles. The van der Waals surface area contributed by atoms with Crippen LogP contribution >= 0.6 is 34.4 Å². The molecule has 2 aliphatic heterocycles. The van der Waals surface area contributed by atoms with Crippen LogP contribution in [0.15, 0.2) is 46.5 Å². The zero-order valence-corrected chi connectivity index (χ0v) is 18.4. The number of nitrogens with one attached hydrogen (secondary N) is 1. The van der Waals surface area contributed by atoms with Crippen molar-refractivity contribution < 1.29 is 14.3 Å². The minimum Gasteiger partial charge on any atom is -0.493 e. The maximum absolute atomic E-state index is 12.9. The van der Waals surface area contributed by atoms with Gasteiger partial charge < -0.3 is 9.47 Å². The molecule has 1 atom stereocenters. The molecule has 2 heterocycles. The fourth-order valence-electron chi connectivity index (χ4n) is 3.22. The van der Waals surface area contributed by atoms with Crippen molar-refractivity contribution in [2.75, 3.05) is 20.5 Å². The van der Waals surface area contributed by atoms with Gasteiger partial charge in [-0.1, -0.05) is 30.0 Å². The summed E-state index contributed by atoms with van der Waals surface area (Å²) in [5.74, 6) is 1.08. The third kappa shape index (κ3) is 3.12. The number of ether oxygens (including phenoxy) is 2. The fraction of sp³-hybridized carbons (Fsp3) is 0.211. The van der Waals surface area contributed by atoms with Crippen molar-refractivity contribution in [3.05, 3.63) is 56.1 Å². The van der Waals surface area contributed by atoms with Crippen molar-refractivity contribution in [1.29, 1.82) is 0 Å². The number of rotatable bonds is 3. The molecule has 2 aromatic rings. The minimum atomic E-state index is -0.494. The second-order valence-corrected chi connectivity index (χ2v) is 7.97. The van der Waals surface area contributed by atoms with Crippen molar-refractivity contribution in [2.45, 2.75) is 6.17 Å². The molecule has 0 fully saturated rings. The summed E-state index contributed by atoms with van der Waals surface area (Å²) >= 11 is 3.58. The number of halogens is 1. The summed E-state index contributed by atoms with van der Waals surface area (Å²) < 4.78 is 11.8. The Morgan fingerprint density at radius 1 is 1.21 bits per heavy atom. The summed E-state index contributed by atoms with van der Waals surface area (Å²) in [4.78, 5) is 17.7. The van der Waals surface area contributed by atoms with E-state index in [1.54, 1.807) is 19.2 Å². The van der Waals surface area contributed by atoms with Crippen LogP contribution < -0.4 is 25.4 Å². The van der Waals surface area contributed by atoms with E-state index in [4.69, 9.17) is 14.5 Å². The highest BCUT2D eigenvalue weighted by Crippen LogP contribution is 2.38. The molecular weight excluding hydrogens is 491 g/mol. The zero-order chi connectivity index (χ0) is 19.8. The lowest BCUT2D eigenvalue weighted by molar-refractivity contribution is -0.116. The largest absolute Gasteiger partial charge is 0.493 e. The van der Waals surface area contributed by atoms with Gasteiger partial charge in [-0.2, -0.15) is 0 Å². The number of para-hydroxylation sites is 1. The molecule has 2 aliphatic rings. The Labute approximate surface area is 179 Å². The SMILES string of the molecule is COc1cc(C2N=c3ccccc3=C3C(=O)NC(SC)=NN32)cc(I)c1OC. The molecule has 4 rings (SSSR count). The van der Waals surface area contributed by atoms with E-state index in [0.717, 1.165) is 19.7 Å². The topological polar surface area (TPSA) is 75.5 Å². The van der Waals surface area contributed by atoms with Crippen molar-refractivity contribution in [2.24, 2.45) is 10.1 Å². The minimum absolute atomic E-state index is 0.193. The van der Waals surface area contributed by atoms with E-state index in [0.29, 0.717) is 22.4 Å². The number of hydrogen-bond acceptors (Lipinski definition) is 7. The third-order valence-corrected chi connectivity index (χ3v) is 5.83. The normalized spacial score (nSPS) is 17.8. The molecule has 9 heteroatoms. The summed E-state index contributed by atoms with van der Waals surface area (Å²) in [6, 6.07) is 11.4. The number of amides is 1. The van der Waals surface area contributed by atoms with Gasteiger partial charge in [0.2, 0.25) is 0 Å². The van der Waals surface area contributed by atoms with Gasteiger partial charge in [0.25, 0.3) is 5.91 Å². The highest BCUT2D eigenvalue weighted by molar-refractivity contribution is 14.1. The van der Waals surface area contributed by atoms with Crippen LogP contribution in [0.1, 0.15) is 11.7 Å². The van der Waals surface area contributed by atoms with E-state index in [1.807, 2.05) is 42.7 Å². The van der Waals surface area contributed by atoms with Gasteiger partial charge in [0.1, 0.15) is 5.70 Å². The first-order chi connectivity index (χ1) is 13.6. The second kappa shape index (κ2) is 7.63. The predicted molar refractivity (Wildman–Crippen MR) is 117 cm³/mol. The molecular formula is C19H17IN4O3S. The molecule has 1 N–H and O–H groups in total. The maximum atomic E-state index is 12.9. The van der Waals surface area contributed by atoms with Crippen molar-refractivity contribution >= 4 is 51.1 Å². The first-order valence-electron chi connectivity index (χ1n) is 8.39. The molecule has 1 unspecified atom stereocenters. The van der Waals surface area contributed by atoms with E-state index < -0.39 is 6.17 Å². The third-order valence-electron chi connectivity index (χ3n) is 4.46. The van der Waals surface area contributed by atoms with Crippen LogP contribution in [0.4, 0.5) is 0 Å². The van der Waals surface area contributed by atoms with E-state index >= 15 is 0 Å². The average molecular weight is 508 g/mol. The molecule has 144 valence electrons. The smallest absolute Gasteiger partial charge is 0.276 e. The van der Waals surface area contributed by atoms with Crippen LogP contribution in [0.25, 0.3) is 5.70 Å². The van der Waals surface area contributed by atoms with Crippen molar-refractivity contribution in [1.82, 2.24) is 10.3 Å². The molecule has 2 aromatic carbocycles. The molecule has 0 saturated heterocycles. The summed E-state index contributed by atoms with van der Waals surface area (Å²) in [5, 5.41) is 11.2. The summed E-state index contributed by atoms with van der Waals surface area (Å²) in [6.45, 7) is 0. The van der Waals surface area contributed by atoms with Gasteiger partial charge in [0.05, 0.1) is 23.1 Å². The lowest BCUT2D eigenvalue weighted by Gasteiger charge is -2.34. The van der Waals surface area contributed by atoms with Gasteiger partial charge >= 0.3 is 0 Å². The van der Waals surface area contributed by atoms with E-state index in [-0.39, 0.29) is 5.91 Å². The first-order valence-corrected chi connectivity index (χ1v) is 10.7. The van der Waals surface area contributed by atoms with E-state index in [2.05, 4.69) is 33.0 Å². The molecule has 7 nitrogen and oxygen atoms in total. The number of carbonyl (C=O) groups excluding carboxylic acids is 1. The molecule has 0 radical (unpaired) electrons.